The Morgan fingerprint density at radius 3 is 2.61 bits per heavy atom. The van der Waals surface area contributed by atoms with Gasteiger partial charge in [0, 0.05) is 76.4 Å². The number of sulfonamides is 1. The number of pyridine rings is 2. The molecule has 1 unspecified atom stereocenters. The first-order chi connectivity index (χ1) is 17.2. The minimum absolute atomic E-state index is 0.0543. The van der Waals surface area contributed by atoms with Gasteiger partial charge in [-0.3, -0.25) is 4.98 Å². The average molecular weight is 519 g/mol. The SMILES string of the molecule is CS(=O)(=O)N1CCN(c2ccc(-c3cc4nccnc4c(NCC4CNCCC4(F)F)n3)cn2)CC1. The quantitative estimate of drug-likeness (QED) is 0.504. The van der Waals surface area contributed by atoms with E-state index < -0.39 is 21.9 Å². The molecule has 3 aromatic heterocycles. The zero-order valence-corrected chi connectivity index (χ0v) is 20.7. The van der Waals surface area contributed by atoms with Crippen molar-refractivity contribution in [3.63, 3.8) is 0 Å². The fourth-order valence-electron chi connectivity index (χ4n) is 4.54. The summed E-state index contributed by atoms with van der Waals surface area (Å²) in [6, 6.07) is 5.56. The largest absolute Gasteiger partial charge is 0.368 e. The van der Waals surface area contributed by atoms with Crippen molar-refractivity contribution >= 4 is 32.7 Å². The number of aromatic nitrogens is 4. The number of fused-ring (bicyclic) bond motifs is 1. The van der Waals surface area contributed by atoms with Gasteiger partial charge in [0.1, 0.15) is 11.3 Å². The number of piperazine rings is 1. The first-order valence-electron chi connectivity index (χ1n) is 11.8. The number of rotatable bonds is 6. The van der Waals surface area contributed by atoms with Crippen molar-refractivity contribution in [3.8, 4) is 11.3 Å². The molecule has 2 aliphatic heterocycles. The smallest absolute Gasteiger partial charge is 0.255 e. The molecular formula is C23H28F2N8O2S. The number of piperidine rings is 1. The van der Waals surface area contributed by atoms with Crippen LogP contribution in [0.25, 0.3) is 22.3 Å². The Hall–Kier alpha value is -3.03. The summed E-state index contributed by atoms with van der Waals surface area (Å²) in [7, 11) is -3.20. The molecule has 36 heavy (non-hydrogen) atoms. The van der Waals surface area contributed by atoms with Crippen LogP contribution in [0.4, 0.5) is 20.4 Å². The molecule has 2 N–H and O–H groups in total. The normalized spacial score (nSPS) is 21.0. The Bertz CT molecular complexity index is 1330. The van der Waals surface area contributed by atoms with Gasteiger partial charge in [-0.05, 0) is 18.2 Å². The number of hydrogen-bond donors (Lipinski definition) is 2. The van der Waals surface area contributed by atoms with E-state index in [-0.39, 0.29) is 19.5 Å². The molecule has 5 heterocycles. The lowest BCUT2D eigenvalue weighted by Gasteiger charge is -2.34. The molecule has 0 aliphatic carbocycles. The second kappa shape index (κ2) is 9.79. The predicted octanol–water partition coefficient (Wildman–Crippen LogP) is 1.83. The van der Waals surface area contributed by atoms with E-state index in [0.29, 0.717) is 55.3 Å². The van der Waals surface area contributed by atoms with Crippen LogP contribution in [0.1, 0.15) is 6.42 Å². The van der Waals surface area contributed by atoms with Gasteiger partial charge in [0.2, 0.25) is 10.0 Å². The van der Waals surface area contributed by atoms with Crippen LogP contribution in [0, 0.1) is 5.92 Å². The summed E-state index contributed by atoms with van der Waals surface area (Å²) in [5.41, 5.74) is 2.45. The minimum atomic E-state index is -3.20. The summed E-state index contributed by atoms with van der Waals surface area (Å²) in [6.07, 6.45) is 5.86. The lowest BCUT2D eigenvalue weighted by atomic mass is 9.95. The zero-order chi connectivity index (χ0) is 25.3. The summed E-state index contributed by atoms with van der Waals surface area (Å²) in [4.78, 5) is 20.0. The Morgan fingerprint density at radius 2 is 1.92 bits per heavy atom. The van der Waals surface area contributed by atoms with Gasteiger partial charge in [0.05, 0.1) is 23.4 Å². The Balaban J connectivity index is 1.35. The van der Waals surface area contributed by atoms with Crippen LogP contribution in [-0.2, 0) is 10.0 Å². The van der Waals surface area contributed by atoms with Gasteiger partial charge in [-0.2, -0.15) is 4.31 Å². The van der Waals surface area contributed by atoms with E-state index >= 15 is 0 Å². The van der Waals surface area contributed by atoms with E-state index in [1.165, 1.54) is 10.6 Å². The minimum Gasteiger partial charge on any atom is -0.368 e. The summed E-state index contributed by atoms with van der Waals surface area (Å²) >= 11 is 0. The van der Waals surface area contributed by atoms with Crippen molar-refractivity contribution < 1.29 is 17.2 Å². The molecule has 1 atom stereocenters. The van der Waals surface area contributed by atoms with Gasteiger partial charge in [-0.25, -0.2) is 32.2 Å². The lowest BCUT2D eigenvalue weighted by molar-refractivity contribution is -0.0728. The summed E-state index contributed by atoms with van der Waals surface area (Å²) in [5.74, 6) is -2.45. The Kier molecular flexibility index (Phi) is 6.70. The molecule has 3 aromatic rings. The number of nitrogens with one attached hydrogen (secondary N) is 2. The van der Waals surface area contributed by atoms with Gasteiger partial charge in [0.15, 0.2) is 5.82 Å². The average Bonchev–Trinajstić information content (AvgIpc) is 2.87. The van der Waals surface area contributed by atoms with Crippen molar-refractivity contribution in [1.29, 1.82) is 0 Å². The van der Waals surface area contributed by atoms with Gasteiger partial charge >= 0.3 is 0 Å². The lowest BCUT2D eigenvalue weighted by Crippen LogP contribution is -2.48. The molecule has 0 bridgehead atoms. The van der Waals surface area contributed by atoms with Crippen molar-refractivity contribution in [3.05, 3.63) is 36.8 Å². The number of halogens is 2. The van der Waals surface area contributed by atoms with Crippen molar-refractivity contribution in [2.75, 3.05) is 62.3 Å². The van der Waals surface area contributed by atoms with Gasteiger partial charge in [0.25, 0.3) is 5.92 Å². The standard InChI is InChI=1S/C23H28F2N8O2S/c1-36(34,35)33-10-8-32(9-11-33)20-3-2-16(13-29-20)18-12-19-21(28-7-6-27-19)22(31-18)30-15-17-14-26-5-4-23(17,24)25/h2-3,6-7,12-13,17,26H,4-5,8-11,14-15H2,1H3,(H,30,31). The molecular weight excluding hydrogens is 490 g/mol. The van der Waals surface area contributed by atoms with E-state index in [1.54, 1.807) is 24.7 Å². The van der Waals surface area contributed by atoms with Crippen molar-refractivity contribution in [2.24, 2.45) is 5.92 Å². The van der Waals surface area contributed by atoms with Crippen molar-refractivity contribution in [2.45, 2.75) is 12.3 Å². The molecule has 192 valence electrons. The highest BCUT2D eigenvalue weighted by atomic mass is 32.2. The third-order valence-corrected chi connectivity index (χ3v) is 7.97. The highest BCUT2D eigenvalue weighted by molar-refractivity contribution is 7.88. The second-order valence-corrected chi connectivity index (χ2v) is 11.1. The van der Waals surface area contributed by atoms with E-state index in [1.807, 2.05) is 17.0 Å². The maximum atomic E-state index is 14.3. The van der Waals surface area contributed by atoms with Crippen LogP contribution in [0.15, 0.2) is 36.8 Å². The molecule has 0 spiro atoms. The number of nitrogens with zero attached hydrogens (tertiary/aromatic N) is 6. The van der Waals surface area contributed by atoms with Crippen LogP contribution in [-0.4, -0.2) is 90.7 Å². The van der Waals surface area contributed by atoms with Crippen LogP contribution in [0.2, 0.25) is 0 Å². The molecule has 2 aliphatic rings. The summed E-state index contributed by atoms with van der Waals surface area (Å²) in [6.45, 7) is 2.53. The first-order valence-corrected chi connectivity index (χ1v) is 13.7. The van der Waals surface area contributed by atoms with E-state index in [9.17, 15) is 17.2 Å². The van der Waals surface area contributed by atoms with E-state index in [0.717, 1.165) is 11.4 Å². The molecule has 5 rings (SSSR count). The van der Waals surface area contributed by atoms with Crippen molar-refractivity contribution in [1.82, 2.24) is 29.6 Å². The Morgan fingerprint density at radius 1 is 1.14 bits per heavy atom. The summed E-state index contributed by atoms with van der Waals surface area (Å²) in [5, 5.41) is 6.12. The molecule has 0 amide bonds. The van der Waals surface area contributed by atoms with Gasteiger partial charge < -0.3 is 15.5 Å². The van der Waals surface area contributed by atoms with Crippen LogP contribution >= 0.6 is 0 Å². The number of hydrogen-bond acceptors (Lipinski definition) is 9. The maximum absolute atomic E-state index is 14.3. The fourth-order valence-corrected chi connectivity index (χ4v) is 5.37. The summed E-state index contributed by atoms with van der Waals surface area (Å²) < 4.78 is 53.6. The highest BCUT2D eigenvalue weighted by Gasteiger charge is 2.41. The Labute approximate surface area is 208 Å². The highest BCUT2D eigenvalue weighted by Crippen LogP contribution is 2.32. The predicted molar refractivity (Wildman–Crippen MR) is 134 cm³/mol. The molecule has 2 saturated heterocycles. The van der Waals surface area contributed by atoms with Crippen LogP contribution in [0.3, 0.4) is 0 Å². The second-order valence-electron chi connectivity index (χ2n) is 9.13. The number of alkyl halides is 2. The van der Waals surface area contributed by atoms with Crippen LogP contribution < -0.4 is 15.5 Å². The van der Waals surface area contributed by atoms with Gasteiger partial charge in [-0.15, -0.1) is 0 Å². The maximum Gasteiger partial charge on any atom is 0.255 e. The van der Waals surface area contributed by atoms with Crippen LogP contribution in [0.5, 0.6) is 0 Å². The topological polar surface area (TPSA) is 116 Å². The third kappa shape index (κ3) is 5.22. The third-order valence-electron chi connectivity index (χ3n) is 6.67. The molecule has 0 aromatic carbocycles. The first kappa shape index (κ1) is 24.7. The fraction of sp³-hybridized carbons (Fsp3) is 0.478. The molecule has 10 nitrogen and oxygen atoms in total. The molecule has 0 saturated carbocycles. The van der Waals surface area contributed by atoms with E-state index in [4.69, 9.17) is 0 Å². The molecule has 13 heteroatoms. The zero-order valence-electron chi connectivity index (χ0n) is 19.9. The monoisotopic (exact) mass is 518 g/mol. The number of anilines is 2. The van der Waals surface area contributed by atoms with E-state index in [2.05, 4.69) is 30.6 Å². The molecule has 2 fully saturated rings. The molecule has 0 radical (unpaired) electrons. The van der Waals surface area contributed by atoms with Gasteiger partial charge in [-0.1, -0.05) is 0 Å².